The molecule has 98 valence electrons. The Morgan fingerprint density at radius 1 is 1.00 bits per heavy atom. The first-order valence-corrected chi connectivity index (χ1v) is 5.77. The summed E-state index contributed by atoms with van der Waals surface area (Å²) in [4.78, 5) is 14.6. The molecule has 0 aliphatic carbocycles. The first-order chi connectivity index (χ1) is 9.25. The smallest absolute Gasteiger partial charge is 0.354 e. The third-order valence-electron chi connectivity index (χ3n) is 2.29. The lowest BCUT2D eigenvalue weighted by atomic mass is 10.3. The van der Waals surface area contributed by atoms with Crippen LogP contribution in [0.25, 0.3) is 0 Å². The fraction of sp³-hybridized carbons (Fsp3) is 0.143. The summed E-state index contributed by atoms with van der Waals surface area (Å²) in [5, 5.41) is 8.79. The van der Waals surface area contributed by atoms with Crippen molar-refractivity contribution >= 4 is 5.97 Å². The Bertz CT molecular complexity index is 542. The summed E-state index contributed by atoms with van der Waals surface area (Å²) >= 11 is 0. The van der Waals surface area contributed by atoms with Crippen LogP contribution in [0.1, 0.15) is 10.5 Å². The van der Waals surface area contributed by atoms with Crippen molar-refractivity contribution in [1.29, 1.82) is 0 Å². The van der Waals surface area contributed by atoms with Gasteiger partial charge < -0.3 is 14.6 Å². The second-order valence-electron chi connectivity index (χ2n) is 3.68. The van der Waals surface area contributed by atoms with Crippen LogP contribution < -0.4 is 9.47 Å². The van der Waals surface area contributed by atoms with Gasteiger partial charge in [0.05, 0.1) is 0 Å². The Labute approximate surface area is 110 Å². The van der Waals surface area contributed by atoms with Crippen LogP contribution >= 0.6 is 0 Å². The number of aromatic nitrogens is 1. The minimum atomic E-state index is -1.08. The number of para-hydroxylation sites is 1. The van der Waals surface area contributed by atoms with Gasteiger partial charge in [0.25, 0.3) is 0 Å². The number of carboxylic acid groups (broad SMARTS) is 1. The Morgan fingerprint density at radius 3 is 2.47 bits per heavy atom. The molecule has 1 N–H and O–H groups in total. The molecule has 0 aliphatic rings. The highest BCUT2D eigenvalue weighted by atomic mass is 16.5. The van der Waals surface area contributed by atoms with Gasteiger partial charge in [0.15, 0.2) is 5.69 Å². The van der Waals surface area contributed by atoms with Gasteiger partial charge >= 0.3 is 5.97 Å². The molecular weight excluding hydrogens is 246 g/mol. The summed E-state index contributed by atoms with van der Waals surface area (Å²) < 4.78 is 10.8. The zero-order chi connectivity index (χ0) is 13.5. The summed E-state index contributed by atoms with van der Waals surface area (Å²) in [6, 6.07) is 14.0. The topological polar surface area (TPSA) is 68.7 Å². The molecule has 0 fully saturated rings. The number of carboxylic acids is 1. The molecule has 19 heavy (non-hydrogen) atoms. The lowest BCUT2D eigenvalue weighted by Crippen LogP contribution is -2.10. The molecule has 1 aromatic carbocycles. The zero-order valence-electron chi connectivity index (χ0n) is 10.2. The number of benzene rings is 1. The molecule has 0 spiro atoms. The molecule has 1 aromatic heterocycles. The van der Waals surface area contributed by atoms with Crippen molar-refractivity contribution in [3.05, 3.63) is 54.2 Å². The van der Waals surface area contributed by atoms with E-state index < -0.39 is 5.97 Å². The molecule has 0 bridgehead atoms. The van der Waals surface area contributed by atoms with E-state index in [1.807, 2.05) is 30.3 Å². The van der Waals surface area contributed by atoms with Crippen LogP contribution in [0.15, 0.2) is 48.5 Å². The first kappa shape index (κ1) is 12.9. The van der Waals surface area contributed by atoms with Crippen molar-refractivity contribution in [2.45, 2.75) is 0 Å². The van der Waals surface area contributed by atoms with E-state index in [4.69, 9.17) is 14.6 Å². The van der Waals surface area contributed by atoms with Crippen molar-refractivity contribution in [1.82, 2.24) is 4.98 Å². The van der Waals surface area contributed by atoms with Gasteiger partial charge in [-0.05, 0) is 18.2 Å². The standard InChI is InChI=1S/C14H13NO4/c16-14(17)12-7-4-8-13(15-12)19-10-9-18-11-5-2-1-3-6-11/h1-8H,9-10H2,(H,16,17). The van der Waals surface area contributed by atoms with Gasteiger partial charge in [0.1, 0.15) is 19.0 Å². The maximum Gasteiger partial charge on any atom is 0.354 e. The number of pyridine rings is 1. The van der Waals surface area contributed by atoms with Gasteiger partial charge in [0.2, 0.25) is 5.88 Å². The molecule has 0 unspecified atom stereocenters. The first-order valence-electron chi connectivity index (χ1n) is 5.77. The van der Waals surface area contributed by atoms with Gasteiger partial charge in [-0.3, -0.25) is 0 Å². The fourth-order valence-electron chi connectivity index (χ4n) is 1.44. The van der Waals surface area contributed by atoms with E-state index in [2.05, 4.69) is 4.98 Å². The number of hydrogen-bond donors (Lipinski definition) is 1. The third kappa shape index (κ3) is 3.99. The molecule has 5 nitrogen and oxygen atoms in total. The number of nitrogens with zero attached hydrogens (tertiary/aromatic N) is 1. The van der Waals surface area contributed by atoms with Crippen LogP contribution in [0.3, 0.4) is 0 Å². The molecule has 0 saturated carbocycles. The highest BCUT2D eigenvalue weighted by molar-refractivity contribution is 5.85. The molecule has 0 amide bonds. The lowest BCUT2D eigenvalue weighted by molar-refractivity contribution is 0.0689. The maximum absolute atomic E-state index is 10.7. The zero-order valence-corrected chi connectivity index (χ0v) is 10.2. The largest absolute Gasteiger partial charge is 0.490 e. The average Bonchev–Trinajstić information content (AvgIpc) is 2.45. The Hall–Kier alpha value is -2.56. The lowest BCUT2D eigenvalue weighted by Gasteiger charge is -2.07. The summed E-state index contributed by atoms with van der Waals surface area (Å²) in [6.07, 6.45) is 0. The van der Waals surface area contributed by atoms with Crippen molar-refractivity contribution in [3.63, 3.8) is 0 Å². The molecule has 2 aromatic rings. The van der Waals surface area contributed by atoms with E-state index in [0.717, 1.165) is 5.75 Å². The highest BCUT2D eigenvalue weighted by Gasteiger charge is 2.05. The van der Waals surface area contributed by atoms with Gasteiger partial charge in [-0.25, -0.2) is 9.78 Å². The van der Waals surface area contributed by atoms with Crippen LogP contribution in [0.4, 0.5) is 0 Å². The monoisotopic (exact) mass is 259 g/mol. The quantitative estimate of drug-likeness (QED) is 0.806. The summed E-state index contributed by atoms with van der Waals surface area (Å²) in [5.74, 6) is -0.0408. The molecule has 0 aliphatic heterocycles. The van der Waals surface area contributed by atoms with Gasteiger partial charge in [0, 0.05) is 6.07 Å². The number of carbonyl (C=O) groups is 1. The van der Waals surface area contributed by atoms with Crippen LogP contribution in [0, 0.1) is 0 Å². The average molecular weight is 259 g/mol. The van der Waals surface area contributed by atoms with Crippen LogP contribution in [-0.4, -0.2) is 29.3 Å². The molecule has 2 rings (SSSR count). The van der Waals surface area contributed by atoms with Crippen molar-refractivity contribution in [3.8, 4) is 11.6 Å². The van der Waals surface area contributed by atoms with E-state index >= 15 is 0 Å². The van der Waals surface area contributed by atoms with Crippen LogP contribution in [0.2, 0.25) is 0 Å². The van der Waals surface area contributed by atoms with Crippen molar-refractivity contribution in [2.75, 3.05) is 13.2 Å². The van der Waals surface area contributed by atoms with Crippen LogP contribution in [-0.2, 0) is 0 Å². The predicted octanol–water partition coefficient (Wildman–Crippen LogP) is 2.24. The van der Waals surface area contributed by atoms with Crippen molar-refractivity contribution in [2.24, 2.45) is 0 Å². The molecule has 0 radical (unpaired) electrons. The second-order valence-corrected chi connectivity index (χ2v) is 3.68. The summed E-state index contributed by atoms with van der Waals surface area (Å²) in [7, 11) is 0. The normalized spacial score (nSPS) is 9.89. The highest BCUT2D eigenvalue weighted by Crippen LogP contribution is 2.09. The molecular formula is C14H13NO4. The molecule has 0 atom stereocenters. The Balaban J connectivity index is 1.80. The Kier molecular flexibility index (Phi) is 4.34. The third-order valence-corrected chi connectivity index (χ3v) is 2.29. The van der Waals surface area contributed by atoms with Gasteiger partial charge in [-0.1, -0.05) is 24.3 Å². The number of aromatic carboxylic acids is 1. The van der Waals surface area contributed by atoms with E-state index in [9.17, 15) is 4.79 Å². The van der Waals surface area contributed by atoms with Gasteiger partial charge in [-0.15, -0.1) is 0 Å². The molecule has 0 saturated heterocycles. The predicted molar refractivity (Wildman–Crippen MR) is 68.6 cm³/mol. The molecule has 5 heteroatoms. The Morgan fingerprint density at radius 2 is 1.74 bits per heavy atom. The van der Waals surface area contributed by atoms with Crippen molar-refractivity contribution < 1.29 is 19.4 Å². The van der Waals surface area contributed by atoms with E-state index in [0.29, 0.717) is 13.2 Å². The second kappa shape index (κ2) is 6.39. The number of rotatable bonds is 6. The van der Waals surface area contributed by atoms with Gasteiger partial charge in [-0.2, -0.15) is 0 Å². The SMILES string of the molecule is O=C(O)c1cccc(OCCOc2ccccc2)n1. The minimum Gasteiger partial charge on any atom is -0.490 e. The molecule has 1 heterocycles. The van der Waals surface area contributed by atoms with E-state index in [1.54, 1.807) is 12.1 Å². The summed E-state index contributed by atoms with van der Waals surface area (Å²) in [6.45, 7) is 0.661. The minimum absolute atomic E-state index is 0.0403. The number of hydrogen-bond acceptors (Lipinski definition) is 4. The summed E-state index contributed by atoms with van der Waals surface area (Å²) in [5.41, 5.74) is -0.0403. The van der Waals surface area contributed by atoms with Crippen LogP contribution in [0.5, 0.6) is 11.6 Å². The van der Waals surface area contributed by atoms with E-state index in [1.165, 1.54) is 6.07 Å². The van der Waals surface area contributed by atoms with E-state index in [-0.39, 0.29) is 11.6 Å². The maximum atomic E-state index is 10.7. The fourth-order valence-corrected chi connectivity index (χ4v) is 1.44. The number of ether oxygens (including phenoxy) is 2.